The largest absolute Gasteiger partial charge is 0.504 e. The van der Waals surface area contributed by atoms with Crippen molar-refractivity contribution in [1.29, 1.82) is 0 Å². The van der Waals surface area contributed by atoms with E-state index in [0.29, 0.717) is 5.92 Å². The van der Waals surface area contributed by atoms with Gasteiger partial charge in [-0.2, -0.15) is 0 Å². The molecule has 33 heavy (non-hydrogen) atoms. The quantitative estimate of drug-likeness (QED) is 0.470. The first kappa shape index (κ1) is 22.7. The number of aliphatic hydroxyl groups is 1. The Bertz CT molecular complexity index is 1080. The predicted octanol–water partition coefficient (Wildman–Crippen LogP) is 6.40. The van der Waals surface area contributed by atoms with Gasteiger partial charge in [0, 0.05) is 5.41 Å². The third-order valence-electron chi connectivity index (χ3n) is 11.1. The van der Waals surface area contributed by atoms with Crippen molar-refractivity contribution >= 4 is 11.8 Å². The number of ether oxygens (including phenoxy) is 1. The zero-order valence-corrected chi connectivity index (χ0v) is 21.0. The smallest absolute Gasteiger partial charge is 0.311 e. The monoisotopic (exact) mass is 450 g/mol. The van der Waals surface area contributed by atoms with Crippen LogP contribution in [0.5, 0.6) is 0 Å². The molecule has 0 aromatic heterocycles. The Balaban J connectivity index is 1.61. The van der Waals surface area contributed by atoms with Crippen molar-refractivity contribution in [3.63, 3.8) is 0 Å². The van der Waals surface area contributed by atoms with Gasteiger partial charge >= 0.3 is 5.97 Å². The molecule has 0 saturated heterocycles. The van der Waals surface area contributed by atoms with Crippen LogP contribution in [0, 0.1) is 33.0 Å². The Kier molecular flexibility index (Phi) is 4.63. The minimum absolute atomic E-state index is 0.0202. The van der Waals surface area contributed by atoms with Crippen LogP contribution in [0.4, 0.5) is 0 Å². The summed E-state index contributed by atoms with van der Waals surface area (Å²) in [5.41, 5.74) is 3.09. The Hall–Kier alpha value is -2.10. The molecule has 3 fully saturated rings. The summed E-state index contributed by atoms with van der Waals surface area (Å²) in [4.78, 5) is 25.2. The molecule has 4 heteroatoms. The van der Waals surface area contributed by atoms with E-state index < -0.39 is 5.41 Å². The van der Waals surface area contributed by atoms with Crippen LogP contribution in [0.15, 0.2) is 46.8 Å². The molecule has 0 amide bonds. The second kappa shape index (κ2) is 6.73. The van der Waals surface area contributed by atoms with Crippen LogP contribution in [0.2, 0.25) is 0 Å². The minimum atomic E-state index is -0.421. The lowest BCUT2D eigenvalue weighted by Crippen LogP contribution is -2.62. The molecule has 178 valence electrons. The summed E-state index contributed by atoms with van der Waals surface area (Å²) in [6.45, 7) is 11.8. The molecule has 0 radical (unpaired) electrons. The molecule has 0 spiro atoms. The van der Waals surface area contributed by atoms with Crippen molar-refractivity contribution < 1.29 is 19.4 Å². The standard InChI is InChI=1S/C29H38O4/c1-25-9-10-26(2,24(32)33-6)17-23(25)29(5)14-12-27(3)19-16-21(31)20(30)15-18(19)7-8-22(27)28(29,4)13-11-25/h7-8,15-16,23,30H,9-14,17H2,1-6H3/t23-,25-,26-,27+,28-,29+/m1/s1. The highest BCUT2D eigenvalue weighted by Gasteiger charge is 2.67. The van der Waals surface area contributed by atoms with Crippen molar-refractivity contribution in [2.45, 2.75) is 79.6 Å². The fourth-order valence-electron chi connectivity index (χ4n) is 8.63. The predicted molar refractivity (Wildman–Crippen MR) is 128 cm³/mol. The van der Waals surface area contributed by atoms with E-state index in [1.54, 1.807) is 12.2 Å². The Morgan fingerprint density at radius 2 is 1.67 bits per heavy atom. The molecule has 0 aromatic rings. The van der Waals surface area contributed by atoms with Crippen molar-refractivity contribution in [3.8, 4) is 0 Å². The van der Waals surface area contributed by atoms with Gasteiger partial charge in [0.05, 0.1) is 12.5 Å². The summed E-state index contributed by atoms with van der Waals surface area (Å²) in [6, 6.07) is 0. The maximum absolute atomic E-state index is 12.8. The van der Waals surface area contributed by atoms with E-state index >= 15 is 0 Å². The van der Waals surface area contributed by atoms with Gasteiger partial charge in [-0.25, -0.2) is 0 Å². The van der Waals surface area contributed by atoms with Gasteiger partial charge in [-0.1, -0.05) is 45.4 Å². The van der Waals surface area contributed by atoms with E-state index in [1.807, 2.05) is 0 Å². The molecule has 0 aromatic carbocycles. The lowest BCUT2D eigenvalue weighted by Gasteiger charge is -2.70. The van der Waals surface area contributed by atoms with Crippen molar-refractivity contribution in [3.05, 3.63) is 46.8 Å². The van der Waals surface area contributed by atoms with E-state index in [2.05, 4.69) is 46.8 Å². The molecule has 0 bridgehead atoms. The van der Waals surface area contributed by atoms with Gasteiger partial charge in [-0.15, -0.1) is 0 Å². The first-order valence-electron chi connectivity index (χ1n) is 12.5. The number of methoxy groups -OCH3 is 1. The second-order valence-electron chi connectivity index (χ2n) is 12.7. The number of allylic oxidation sites excluding steroid dienone is 7. The Morgan fingerprint density at radius 3 is 2.36 bits per heavy atom. The van der Waals surface area contributed by atoms with Gasteiger partial charge in [-0.05, 0) is 97.3 Å². The number of hydrogen-bond donors (Lipinski definition) is 1. The van der Waals surface area contributed by atoms with Crippen LogP contribution in [0.1, 0.15) is 79.6 Å². The summed E-state index contributed by atoms with van der Waals surface area (Å²) >= 11 is 0. The summed E-state index contributed by atoms with van der Waals surface area (Å²) in [6.07, 6.45) is 14.8. The number of fused-ring (bicyclic) bond motifs is 7. The van der Waals surface area contributed by atoms with Crippen LogP contribution in [0.25, 0.3) is 0 Å². The lowest BCUT2D eigenvalue weighted by atomic mass is 9.34. The van der Waals surface area contributed by atoms with Crippen LogP contribution >= 0.6 is 0 Å². The first-order chi connectivity index (χ1) is 15.3. The van der Waals surface area contributed by atoms with Crippen LogP contribution in [-0.2, 0) is 14.3 Å². The third-order valence-corrected chi connectivity index (χ3v) is 11.1. The second-order valence-corrected chi connectivity index (χ2v) is 12.7. The number of esters is 1. The average molecular weight is 451 g/mol. The van der Waals surface area contributed by atoms with Crippen molar-refractivity contribution in [2.24, 2.45) is 33.0 Å². The maximum Gasteiger partial charge on any atom is 0.311 e. The van der Waals surface area contributed by atoms with Crippen LogP contribution in [-0.4, -0.2) is 24.0 Å². The number of ketones is 1. The molecule has 4 nitrogen and oxygen atoms in total. The summed E-state index contributed by atoms with van der Waals surface area (Å²) < 4.78 is 5.26. The molecule has 0 heterocycles. The zero-order chi connectivity index (χ0) is 24.0. The van der Waals surface area contributed by atoms with Gasteiger partial charge in [0.1, 0.15) is 0 Å². The maximum atomic E-state index is 12.8. The fourth-order valence-corrected chi connectivity index (χ4v) is 8.63. The molecule has 1 N–H and O–H groups in total. The molecule has 3 saturated carbocycles. The van der Waals surface area contributed by atoms with Crippen LogP contribution in [0.3, 0.4) is 0 Å². The highest BCUT2D eigenvalue weighted by Crippen LogP contribution is 2.75. The summed E-state index contributed by atoms with van der Waals surface area (Å²) in [7, 11) is 1.52. The highest BCUT2D eigenvalue weighted by molar-refractivity contribution is 6.05. The molecule has 5 aliphatic rings. The SMILES string of the molecule is COC(=O)[C@]1(C)CC[C@]2(C)CC[C@]3(C)C4=CC=C5C=C(O)C(=O)C=C5[C@]4(C)CC[C@@]3(C)[C@@H]2C1. The molecule has 0 unspecified atom stereocenters. The normalized spacial score (nSPS) is 46.4. The molecule has 0 aliphatic heterocycles. The van der Waals surface area contributed by atoms with E-state index in [-0.39, 0.29) is 39.2 Å². The number of rotatable bonds is 1. The van der Waals surface area contributed by atoms with E-state index in [1.165, 1.54) is 12.7 Å². The zero-order valence-electron chi connectivity index (χ0n) is 21.0. The van der Waals surface area contributed by atoms with Gasteiger partial charge < -0.3 is 9.84 Å². The summed E-state index contributed by atoms with van der Waals surface area (Å²) in [5, 5.41) is 10.0. The average Bonchev–Trinajstić information content (AvgIpc) is 2.77. The summed E-state index contributed by atoms with van der Waals surface area (Å²) in [5.74, 6) is -0.0955. The molecule has 5 aliphatic carbocycles. The topological polar surface area (TPSA) is 63.6 Å². The van der Waals surface area contributed by atoms with E-state index in [0.717, 1.165) is 56.1 Å². The number of carbonyl (C=O) groups excluding carboxylic acids is 2. The first-order valence-corrected chi connectivity index (χ1v) is 12.5. The lowest BCUT2D eigenvalue weighted by molar-refractivity contribution is -0.180. The van der Waals surface area contributed by atoms with Gasteiger partial charge in [0.2, 0.25) is 5.78 Å². The number of aliphatic hydroxyl groups excluding tert-OH is 1. The molecule has 6 atom stereocenters. The molecule has 5 rings (SSSR count). The Morgan fingerprint density at radius 1 is 0.970 bits per heavy atom. The van der Waals surface area contributed by atoms with Gasteiger partial charge in [-0.3, -0.25) is 9.59 Å². The number of carbonyl (C=O) groups is 2. The Labute approximate surface area is 197 Å². The molecular formula is C29H38O4. The van der Waals surface area contributed by atoms with Gasteiger partial charge in [0.25, 0.3) is 0 Å². The minimum Gasteiger partial charge on any atom is -0.504 e. The third kappa shape index (κ3) is 2.76. The van der Waals surface area contributed by atoms with Crippen molar-refractivity contribution in [1.82, 2.24) is 0 Å². The molecular weight excluding hydrogens is 412 g/mol. The number of hydrogen-bond acceptors (Lipinski definition) is 4. The van der Waals surface area contributed by atoms with Crippen molar-refractivity contribution in [2.75, 3.05) is 7.11 Å². The van der Waals surface area contributed by atoms with E-state index in [4.69, 9.17) is 4.74 Å². The van der Waals surface area contributed by atoms with E-state index in [9.17, 15) is 14.7 Å². The van der Waals surface area contributed by atoms with Crippen LogP contribution < -0.4 is 0 Å². The highest BCUT2D eigenvalue weighted by atomic mass is 16.5. The van der Waals surface area contributed by atoms with Gasteiger partial charge in [0.15, 0.2) is 5.76 Å². The fraction of sp³-hybridized carbons (Fsp3) is 0.655.